The van der Waals surface area contributed by atoms with Gasteiger partial charge in [0.2, 0.25) is 17.6 Å². The third kappa shape index (κ3) is 7.90. The van der Waals surface area contributed by atoms with E-state index in [0.717, 1.165) is 12.8 Å². The fraction of sp³-hybridized carbons (Fsp3) is 0.371. The highest BCUT2D eigenvalue weighted by atomic mass is 16.5. The number of ether oxygens (including phenoxy) is 3. The van der Waals surface area contributed by atoms with E-state index in [4.69, 9.17) is 14.2 Å². The molecular formula is C35H40N10O8. The number of imidazole rings is 2. The average Bonchev–Trinajstić information content (AvgIpc) is 3.90. The van der Waals surface area contributed by atoms with E-state index in [1.807, 2.05) is 11.1 Å². The first kappa shape index (κ1) is 36.3. The molecule has 1 saturated heterocycles. The average molecular weight is 729 g/mol. The van der Waals surface area contributed by atoms with Gasteiger partial charge in [-0.25, -0.2) is 14.8 Å². The van der Waals surface area contributed by atoms with Crippen molar-refractivity contribution in [2.45, 2.75) is 38.6 Å². The number of carbonyl (C=O) groups excluding carboxylic acids is 5. The molecule has 2 aliphatic heterocycles. The molecule has 3 aromatic heterocycles. The molecule has 18 nitrogen and oxygen atoms in total. The molecule has 5 heterocycles. The van der Waals surface area contributed by atoms with Crippen molar-refractivity contribution in [3.8, 4) is 11.5 Å². The maximum Gasteiger partial charge on any atom is 0.374 e. The lowest BCUT2D eigenvalue weighted by molar-refractivity contribution is -0.116. The number of benzene rings is 1. The van der Waals surface area contributed by atoms with E-state index < -0.39 is 17.8 Å². The fourth-order valence-electron chi connectivity index (χ4n) is 6.12. The lowest BCUT2D eigenvalue weighted by Crippen LogP contribution is -2.35. The molecule has 4 aromatic rings. The minimum atomic E-state index is -0.624. The van der Waals surface area contributed by atoms with Gasteiger partial charge in [0.25, 0.3) is 17.7 Å². The molecule has 53 heavy (non-hydrogen) atoms. The summed E-state index contributed by atoms with van der Waals surface area (Å²) in [6, 6.07) is 4.85. The predicted molar refractivity (Wildman–Crippen MR) is 192 cm³/mol. The largest absolute Gasteiger partial charge is 0.493 e. The molecule has 1 atom stereocenters. The number of methoxy groups -OCH3 is 1. The Morgan fingerprint density at radius 3 is 2.34 bits per heavy atom. The summed E-state index contributed by atoms with van der Waals surface area (Å²) in [7, 11) is 6.34. The molecule has 2 aliphatic rings. The minimum Gasteiger partial charge on any atom is -0.493 e. The summed E-state index contributed by atoms with van der Waals surface area (Å²) in [4.78, 5) is 78.7. The standard InChI is InChI=1S/C35H40N10O8/c1-6-52-35(50)31-39-28(19-44(31)4)41-33(48)30-38-27(18-43(30)3)40-32(47)24-13-20(17-42(24)2)37-29(46)10-8-12-53-26-15-23-22(14-25(26)51-5)34(49)45-11-7-9-21(45)16-36-23/h13-19,21H,6-12H2,1-5H3,(H,37,46)(H,40,47)(H,41,48)/t21-/m0/s1. The molecule has 1 aromatic carbocycles. The number of amides is 4. The quantitative estimate of drug-likeness (QED) is 0.135. The van der Waals surface area contributed by atoms with Crippen LogP contribution < -0.4 is 25.4 Å². The number of aliphatic imine (C=N–C) groups is 1. The van der Waals surface area contributed by atoms with Gasteiger partial charge < -0.3 is 48.8 Å². The highest BCUT2D eigenvalue weighted by Crippen LogP contribution is 2.38. The van der Waals surface area contributed by atoms with Crippen molar-refractivity contribution in [3.05, 3.63) is 59.7 Å². The van der Waals surface area contributed by atoms with Crippen molar-refractivity contribution in [2.75, 3.05) is 42.8 Å². The zero-order valence-electron chi connectivity index (χ0n) is 30.0. The summed E-state index contributed by atoms with van der Waals surface area (Å²) in [5.41, 5.74) is 1.63. The number of nitrogens with zero attached hydrogens (tertiary/aromatic N) is 7. The van der Waals surface area contributed by atoms with Crippen LogP contribution in [0.25, 0.3) is 0 Å². The molecule has 0 saturated carbocycles. The topological polar surface area (TPSA) is 205 Å². The Kier molecular flexibility index (Phi) is 10.6. The summed E-state index contributed by atoms with van der Waals surface area (Å²) in [6.07, 6.45) is 8.69. The van der Waals surface area contributed by atoms with Crippen LogP contribution in [-0.4, -0.2) is 97.3 Å². The molecule has 0 spiro atoms. The van der Waals surface area contributed by atoms with E-state index >= 15 is 0 Å². The summed E-state index contributed by atoms with van der Waals surface area (Å²) in [6.45, 7) is 2.76. The summed E-state index contributed by atoms with van der Waals surface area (Å²) in [5.74, 6) is -1.03. The normalized spacial score (nSPS) is 14.6. The van der Waals surface area contributed by atoms with E-state index in [0.29, 0.717) is 41.4 Å². The van der Waals surface area contributed by atoms with Crippen molar-refractivity contribution in [3.63, 3.8) is 0 Å². The number of aromatic nitrogens is 5. The van der Waals surface area contributed by atoms with Crippen LogP contribution in [0.1, 0.15) is 74.7 Å². The van der Waals surface area contributed by atoms with Gasteiger partial charge in [0.05, 0.1) is 43.3 Å². The minimum absolute atomic E-state index is 0.0107. The molecule has 6 rings (SSSR count). The van der Waals surface area contributed by atoms with Gasteiger partial charge in [-0.05, 0) is 38.3 Å². The third-order valence-electron chi connectivity index (χ3n) is 8.68. The van der Waals surface area contributed by atoms with Crippen LogP contribution in [0.15, 0.2) is 41.8 Å². The second-order valence-electron chi connectivity index (χ2n) is 12.5. The van der Waals surface area contributed by atoms with E-state index in [2.05, 4.69) is 30.9 Å². The Labute approximate surface area is 304 Å². The molecule has 3 N–H and O–H groups in total. The monoisotopic (exact) mass is 728 g/mol. The zero-order valence-corrected chi connectivity index (χ0v) is 30.0. The highest BCUT2D eigenvalue weighted by Gasteiger charge is 2.32. The van der Waals surface area contributed by atoms with Crippen LogP contribution in [-0.2, 0) is 30.7 Å². The second kappa shape index (κ2) is 15.4. The molecule has 1 fully saturated rings. The lowest BCUT2D eigenvalue weighted by atomic mass is 10.1. The molecular weight excluding hydrogens is 688 g/mol. The predicted octanol–water partition coefficient (Wildman–Crippen LogP) is 3.30. The Morgan fingerprint density at radius 1 is 0.887 bits per heavy atom. The Balaban J connectivity index is 1.000. The molecule has 0 unspecified atom stereocenters. The number of fused-ring (bicyclic) bond motifs is 2. The van der Waals surface area contributed by atoms with Gasteiger partial charge in [-0.1, -0.05) is 0 Å². The Bertz CT molecular complexity index is 2110. The number of aryl methyl sites for hydroxylation is 3. The highest BCUT2D eigenvalue weighted by molar-refractivity contribution is 6.06. The van der Waals surface area contributed by atoms with Gasteiger partial charge in [0, 0.05) is 65.0 Å². The molecule has 4 amide bonds. The first-order valence-corrected chi connectivity index (χ1v) is 17.0. The Hall–Kier alpha value is -6.46. The molecule has 278 valence electrons. The van der Waals surface area contributed by atoms with E-state index in [9.17, 15) is 24.0 Å². The lowest BCUT2D eigenvalue weighted by Gasteiger charge is -2.20. The van der Waals surface area contributed by atoms with Crippen LogP contribution in [0.2, 0.25) is 0 Å². The van der Waals surface area contributed by atoms with Gasteiger partial charge in [-0.15, -0.1) is 0 Å². The number of hydrogen-bond acceptors (Lipinski definition) is 11. The number of anilines is 3. The molecule has 18 heteroatoms. The fourth-order valence-corrected chi connectivity index (χ4v) is 6.12. The van der Waals surface area contributed by atoms with Gasteiger partial charge >= 0.3 is 5.97 Å². The van der Waals surface area contributed by atoms with Crippen molar-refractivity contribution >= 4 is 58.8 Å². The first-order valence-electron chi connectivity index (χ1n) is 17.0. The van der Waals surface area contributed by atoms with Gasteiger partial charge in [-0.2, -0.15) is 0 Å². The van der Waals surface area contributed by atoms with Crippen LogP contribution in [0, 0.1) is 0 Å². The number of esters is 1. The number of nitrogens with one attached hydrogen (secondary N) is 3. The zero-order chi connectivity index (χ0) is 37.8. The number of carbonyl (C=O) groups is 5. The molecule has 0 aliphatic carbocycles. The Morgan fingerprint density at radius 2 is 1.60 bits per heavy atom. The van der Waals surface area contributed by atoms with Crippen molar-refractivity contribution in [2.24, 2.45) is 26.1 Å². The van der Waals surface area contributed by atoms with Gasteiger partial charge in [0.15, 0.2) is 23.1 Å². The van der Waals surface area contributed by atoms with Crippen molar-refractivity contribution in [1.29, 1.82) is 0 Å². The second-order valence-corrected chi connectivity index (χ2v) is 12.5. The van der Waals surface area contributed by atoms with E-state index in [-0.39, 0.29) is 66.5 Å². The SMILES string of the molecule is CCOC(=O)c1nc(NC(=O)c2nc(NC(=O)c3cc(NC(=O)CCCOc4cc5c(cc4OC)C(=O)N4CCC[C@H]4C=N5)cn3C)cn2C)cn1C. The van der Waals surface area contributed by atoms with Crippen molar-refractivity contribution in [1.82, 2.24) is 28.6 Å². The van der Waals surface area contributed by atoms with E-state index in [1.165, 1.54) is 34.7 Å². The number of hydrogen-bond donors (Lipinski definition) is 3. The molecule has 0 radical (unpaired) electrons. The summed E-state index contributed by atoms with van der Waals surface area (Å²) >= 11 is 0. The maximum absolute atomic E-state index is 13.1. The van der Waals surface area contributed by atoms with Gasteiger partial charge in [-0.3, -0.25) is 24.2 Å². The molecule has 0 bridgehead atoms. The number of rotatable bonds is 13. The third-order valence-corrected chi connectivity index (χ3v) is 8.68. The van der Waals surface area contributed by atoms with E-state index in [1.54, 1.807) is 51.0 Å². The van der Waals surface area contributed by atoms with Crippen LogP contribution in [0.4, 0.5) is 23.0 Å². The summed E-state index contributed by atoms with van der Waals surface area (Å²) in [5, 5.41) is 8.05. The smallest absolute Gasteiger partial charge is 0.374 e. The van der Waals surface area contributed by atoms with Crippen molar-refractivity contribution < 1.29 is 38.2 Å². The van der Waals surface area contributed by atoms with Crippen LogP contribution in [0.5, 0.6) is 11.5 Å². The summed E-state index contributed by atoms with van der Waals surface area (Å²) < 4.78 is 20.8. The maximum atomic E-state index is 13.1. The van der Waals surface area contributed by atoms with Gasteiger partial charge in [0.1, 0.15) is 5.69 Å². The van der Waals surface area contributed by atoms with Crippen LogP contribution >= 0.6 is 0 Å². The first-order chi connectivity index (χ1) is 25.4. The van der Waals surface area contributed by atoms with Crippen LogP contribution in [0.3, 0.4) is 0 Å².